The van der Waals surface area contributed by atoms with E-state index in [4.69, 9.17) is 12.2 Å². The fraction of sp³-hybridized carbons (Fsp3) is 0.500. The first-order valence-electron chi connectivity index (χ1n) is 6.57. The third kappa shape index (κ3) is 3.95. The highest BCUT2D eigenvalue weighted by molar-refractivity contribution is 7.80. The lowest BCUT2D eigenvalue weighted by Gasteiger charge is -2.27. The van der Waals surface area contributed by atoms with Gasteiger partial charge in [0.15, 0.2) is 5.11 Å². The zero-order chi connectivity index (χ0) is 12.8. The summed E-state index contributed by atoms with van der Waals surface area (Å²) < 4.78 is 12.8. The molecule has 0 amide bonds. The van der Waals surface area contributed by atoms with Crippen LogP contribution < -0.4 is 5.32 Å². The van der Waals surface area contributed by atoms with Gasteiger partial charge in [-0.05, 0) is 49.3 Å². The topological polar surface area (TPSA) is 15.3 Å². The predicted octanol–water partition coefficient (Wildman–Crippen LogP) is 3.79. The van der Waals surface area contributed by atoms with Crippen molar-refractivity contribution in [3.8, 4) is 0 Å². The normalized spacial score (nSPS) is 16.8. The number of anilines is 1. The molecular weight excluding hydrogens is 247 g/mol. The van der Waals surface area contributed by atoms with Crippen LogP contribution in [0, 0.1) is 5.82 Å². The molecular formula is C14H19FN2S. The first kappa shape index (κ1) is 13.3. The number of likely N-dealkylation sites (tertiary alicyclic amines) is 1. The molecule has 0 saturated carbocycles. The van der Waals surface area contributed by atoms with Gasteiger partial charge in [0.1, 0.15) is 5.82 Å². The van der Waals surface area contributed by atoms with E-state index in [1.807, 2.05) is 0 Å². The highest BCUT2D eigenvalue weighted by Crippen LogP contribution is 2.13. The first-order chi connectivity index (χ1) is 8.75. The minimum atomic E-state index is -0.224. The number of nitrogens with zero attached hydrogens (tertiary/aromatic N) is 1. The number of rotatable bonds is 1. The van der Waals surface area contributed by atoms with Crippen molar-refractivity contribution in [2.75, 3.05) is 18.4 Å². The summed E-state index contributed by atoms with van der Waals surface area (Å²) >= 11 is 5.41. The number of hydrogen-bond donors (Lipinski definition) is 1. The SMILES string of the molecule is Fc1ccc(NC(=S)N2CCCCCCC2)cc1. The summed E-state index contributed by atoms with van der Waals surface area (Å²) in [6, 6.07) is 6.31. The van der Waals surface area contributed by atoms with E-state index in [1.165, 1.54) is 44.2 Å². The van der Waals surface area contributed by atoms with Crippen molar-refractivity contribution in [1.82, 2.24) is 4.90 Å². The molecule has 2 rings (SSSR count). The van der Waals surface area contributed by atoms with E-state index in [9.17, 15) is 4.39 Å². The minimum absolute atomic E-state index is 0.224. The van der Waals surface area contributed by atoms with Gasteiger partial charge < -0.3 is 10.2 Å². The molecule has 0 aliphatic carbocycles. The van der Waals surface area contributed by atoms with Crippen LogP contribution in [0.3, 0.4) is 0 Å². The highest BCUT2D eigenvalue weighted by Gasteiger charge is 2.11. The summed E-state index contributed by atoms with van der Waals surface area (Å²) in [6.07, 6.45) is 6.31. The van der Waals surface area contributed by atoms with Crippen molar-refractivity contribution < 1.29 is 4.39 Å². The van der Waals surface area contributed by atoms with Crippen molar-refractivity contribution in [1.29, 1.82) is 0 Å². The van der Waals surface area contributed by atoms with Crippen LogP contribution in [0.4, 0.5) is 10.1 Å². The van der Waals surface area contributed by atoms with Crippen molar-refractivity contribution in [3.05, 3.63) is 30.1 Å². The Morgan fingerprint density at radius 3 is 2.17 bits per heavy atom. The molecule has 1 aromatic carbocycles. The first-order valence-corrected chi connectivity index (χ1v) is 6.98. The van der Waals surface area contributed by atoms with Crippen LogP contribution in [0.25, 0.3) is 0 Å². The Balaban J connectivity index is 1.91. The molecule has 0 spiro atoms. The molecule has 0 aromatic heterocycles. The van der Waals surface area contributed by atoms with Gasteiger partial charge in [0, 0.05) is 18.8 Å². The van der Waals surface area contributed by atoms with Crippen molar-refractivity contribution in [2.24, 2.45) is 0 Å². The van der Waals surface area contributed by atoms with Crippen LogP contribution in [0.1, 0.15) is 32.1 Å². The molecule has 0 radical (unpaired) electrons. The second kappa shape index (κ2) is 6.69. The molecule has 0 atom stereocenters. The van der Waals surface area contributed by atoms with Crippen molar-refractivity contribution >= 4 is 23.0 Å². The molecule has 1 fully saturated rings. The van der Waals surface area contributed by atoms with E-state index in [2.05, 4.69) is 10.2 Å². The molecule has 0 bridgehead atoms. The number of halogens is 1. The van der Waals surface area contributed by atoms with E-state index in [-0.39, 0.29) is 5.82 Å². The van der Waals surface area contributed by atoms with Gasteiger partial charge in [-0.25, -0.2) is 4.39 Å². The average Bonchev–Trinajstić information content (AvgIpc) is 2.31. The van der Waals surface area contributed by atoms with Gasteiger partial charge in [-0.15, -0.1) is 0 Å². The Morgan fingerprint density at radius 1 is 1.00 bits per heavy atom. The summed E-state index contributed by atoms with van der Waals surface area (Å²) in [5.74, 6) is -0.224. The van der Waals surface area contributed by atoms with Gasteiger partial charge in [-0.2, -0.15) is 0 Å². The number of benzene rings is 1. The van der Waals surface area contributed by atoms with Crippen LogP contribution in [0.5, 0.6) is 0 Å². The molecule has 4 heteroatoms. The van der Waals surface area contributed by atoms with E-state index in [0.29, 0.717) is 0 Å². The maximum Gasteiger partial charge on any atom is 0.173 e. The van der Waals surface area contributed by atoms with Gasteiger partial charge in [-0.3, -0.25) is 0 Å². The van der Waals surface area contributed by atoms with Crippen LogP contribution in [0.2, 0.25) is 0 Å². The van der Waals surface area contributed by atoms with E-state index >= 15 is 0 Å². The molecule has 1 aliphatic rings. The fourth-order valence-electron chi connectivity index (χ4n) is 2.19. The molecule has 1 N–H and O–H groups in total. The molecule has 98 valence electrons. The van der Waals surface area contributed by atoms with Gasteiger partial charge in [0.2, 0.25) is 0 Å². The highest BCUT2D eigenvalue weighted by atomic mass is 32.1. The lowest BCUT2D eigenvalue weighted by Crippen LogP contribution is -2.36. The lowest BCUT2D eigenvalue weighted by molar-refractivity contribution is 0.366. The Hall–Kier alpha value is -1.16. The predicted molar refractivity (Wildman–Crippen MR) is 77.3 cm³/mol. The second-order valence-electron chi connectivity index (χ2n) is 4.69. The molecule has 1 aliphatic heterocycles. The van der Waals surface area contributed by atoms with Gasteiger partial charge in [0.05, 0.1) is 0 Å². The van der Waals surface area contributed by atoms with Gasteiger partial charge in [-0.1, -0.05) is 19.3 Å². The second-order valence-corrected chi connectivity index (χ2v) is 5.08. The number of thiocarbonyl (C=S) groups is 1. The Morgan fingerprint density at radius 2 is 1.56 bits per heavy atom. The third-order valence-corrected chi connectivity index (χ3v) is 3.60. The molecule has 1 heterocycles. The Bertz CT molecular complexity index is 383. The molecule has 2 nitrogen and oxygen atoms in total. The van der Waals surface area contributed by atoms with Crippen LogP contribution >= 0.6 is 12.2 Å². The van der Waals surface area contributed by atoms with Crippen LogP contribution in [-0.4, -0.2) is 23.1 Å². The third-order valence-electron chi connectivity index (χ3n) is 3.24. The smallest absolute Gasteiger partial charge is 0.173 e. The number of hydrogen-bond acceptors (Lipinski definition) is 1. The maximum absolute atomic E-state index is 12.8. The van der Waals surface area contributed by atoms with Crippen LogP contribution in [0.15, 0.2) is 24.3 Å². The Kier molecular flexibility index (Phi) is 4.93. The summed E-state index contributed by atoms with van der Waals surface area (Å²) in [7, 11) is 0. The largest absolute Gasteiger partial charge is 0.349 e. The summed E-state index contributed by atoms with van der Waals surface area (Å²) in [4.78, 5) is 2.22. The molecule has 0 unspecified atom stereocenters. The average molecular weight is 266 g/mol. The fourth-order valence-corrected chi connectivity index (χ4v) is 2.49. The van der Waals surface area contributed by atoms with E-state index < -0.39 is 0 Å². The maximum atomic E-state index is 12.8. The summed E-state index contributed by atoms with van der Waals surface area (Å²) in [5.41, 5.74) is 0.850. The summed E-state index contributed by atoms with van der Waals surface area (Å²) in [5, 5.41) is 3.93. The zero-order valence-corrected chi connectivity index (χ0v) is 11.3. The molecule has 1 aromatic rings. The molecule has 18 heavy (non-hydrogen) atoms. The van der Waals surface area contributed by atoms with Crippen LogP contribution in [-0.2, 0) is 0 Å². The quantitative estimate of drug-likeness (QED) is 0.779. The lowest BCUT2D eigenvalue weighted by atomic mass is 10.1. The molecule has 1 saturated heterocycles. The van der Waals surface area contributed by atoms with Gasteiger partial charge in [0.25, 0.3) is 0 Å². The minimum Gasteiger partial charge on any atom is -0.349 e. The Labute approximate surface area is 113 Å². The standard InChI is InChI=1S/C14H19FN2S/c15-12-6-8-13(9-7-12)16-14(18)17-10-4-2-1-3-5-11-17/h6-9H,1-5,10-11H2,(H,16,18). The monoisotopic (exact) mass is 266 g/mol. The van der Waals surface area contributed by atoms with Crippen molar-refractivity contribution in [2.45, 2.75) is 32.1 Å². The number of nitrogens with one attached hydrogen (secondary N) is 1. The summed E-state index contributed by atoms with van der Waals surface area (Å²) in [6.45, 7) is 2.04. The zero-order valence-electron chi connectivity index (χ0n) is 10.5. The van der Waals surface area contributed by atoms with E-state index in [0.717, 1.165) is 23.9 Å². The van der Waals surface area contributed by atoms with Gasteiger partial charge >= 0.3 is 0 Å². The van der Waals surface area contributed by atoms with E-state index in [1.54, 1.807) is 12.1 Å². The van der Waals surface area contributed by atoms with Crippen molar-refractivity contribution in [3.63, 3.8) is 0 Å².